The Morgan fingerprint density at radius 1 is 1.30 bits per heavy atom. The number of hydrogen-bond acceptors (Lipinski definition) is 4. The molecule has 0 aliphatic carbocycles. The van der Waals surface area contributed by atoms with E-state index in [4.69, 9.17) is 4.74 Å². The van der Waals surface area contributed by atoms with Crippen molar-refractivity contribution in [1.82, 2.24) is 9.88 Å². The van der Waals surface area contributed by atoms with Gasteiger partial charge in [-0.3, -0.25) is 14.7 Å². The Hall–Kier alpha value is -2.43. The van der Waals surface area contributed by atoms with Gasteiger partial charge in [-0.05, 0) is 38.3 Å². The van der Waals surface area contributed by atoms with Gasteiger partial charge in [0.1, 0.15) is 6.61 Å². The van der Waals surface area contributed by atoms with Crippen molar-refractivity contribution < 1.29 is 14.3 Å². The predicted octanol–water partition coefficient (Wildman–Crippen LogP) is 3.31. The highest BCUT2D eigenvalue weighted by atomic mass is 16.6. The summed E-state index contributed by atoms with van der Waals surface area (Å²) in [6.45, 7) is 2.28. The number of rotatable bonds is 3. The maximum atomic E-state index is 12.3. The Morgan fingerprint density at radius 3 is 2.96 bits per heavy atom. The molecular weight excluding hydrogens is 292 g/mol. The smallest absolute Gasteiger partial charge is 0.410 e. The molecule has 1 amide bonds. The van der Waals surface area contributed by atoms with Crippen LogP contribution in [0.15, 0.2) is 36.5 Å². The largest absolute Gasteiger partial charge is 0.444 e. The molecule has 1 saturated heterocycles. The number of ketones is 1. The molecule has 0 radical (unpaired) electrons. The number of carbonyl (C=O) groups excluding carboxylic acids is 2. The zero-order valence-corrected chi connectivity index (χ0v) is 13.2. The van der Waals surface area contributed by atoms with Crippen LogP contribution in [-0.2, 0) is 16.1 Å². The van der Waals surface area contributed by atoms with Gasteiger partial charge in [0.25, 0.3) is 0 Å². The molecule has 1 aromatic carbocycles. The first-order valence-electron chi connectivity index (χ1n) is 7.92. The van der Waals surface area contributed by atoms with Crippen LogP contribution in [0.3, 0.4) is 0 Å². The van der Waals surface area contributed by atoms with Gasteiger partial charge in [-0.15, -0.1) is 0 Å². The van der Waals surface area contributed by atoms with Crippen molar-refractivity contribution in [3.8, 4) is 0 Å². The van der Waals surface area contributed by atoms with Crippen LogP contribution in [-0.4, -0.2) is 34.3 Å². The topological polar surface area (TPSA) is 59.5 Å². The van der Waals surface area contributed by atoms with E-state index >= 15 is 0 Å². The van der Waals surface area contributed by atoms with Gasteiger partial charge in [0, 0.05) is 23.7 Å². The summed E-state index contributed by atoms with van der Waals surface area (Å²) in [5.41, 5.74) is 1.75. The van der Waals surface area contributed by atoms with Crippen molar-refractivity contribution in [3.63, 3.8) is 0 Å². The third-order valence-electron chi connectivity index (χ3n) is 4.22. The molecule has 23 heavy (non-hydrogen) atoms. The fraction of sp³-hybridized carbons (Fsp3) is 0.389. The van der Waals surface area contributed by atoms with E-state index in [0.29, 0.717) is 6.54 Å². The fourth-order valence-electron chi connectivity index (χ4n) is 3.00. The van der Waals surface area contributed by atoms with Gasteiger partial charge >= 0.3 is 6.09 Å². The molecule has 1 fully saturated rings. The van der Waals surface area contributed by atoms with Crippen LogP contribution in [0, 0.1) is 0 Å². The highest BCUT2D eigenvalue weighted by Gasteiger charge is 2.30. The summed E-state index contributed by atoms with van der Waals surface area (Å²) in [6.07, 6.45) is 3.91. The molecule has 5 nitrogen and oxygen atoms in total. The van der Waals surface area contributed by atoms with Crippen molar-refractivity contribution in [1.29, 1.82) is 0 Å². The van der Waals surface area contributed by atoms with Gasteiger partial charge in [-0.1, -0.05) is 18.2 Å². The molecule has 1 aliphatic rings. The fourth-order valence-corrected chi connectivity index (χ4v) is 3.00. The van der Waals surface area contributed by atoms with Crippen LogP contribution in [0.1, 0.15) is 31.7 Å². The van der Waals surface area contributed by atoms with E-state index in [1.165, 1.54) is 6.92 Å². The molecule has 1 aliphatic heterocycles. The normalized spacial score (nSPS) is 18.0. The number of hydrogen-bond donors (Lipinski definition) is 0. The number of para-hydroxylation sites is 1. The lowest BCUT2D eigenvalue weighted by molar-refractivity contribution is -0.122. The lowest BCUT2D eigenvalue weighted by atomic mass is 10.00. The number of pyridine rings is 1. The van der Waals surface area contributed by atoms with Gasteiger partial charge in [-0.25, -0.2) is 4.79 Å². The van der Waals surface area contributed by atoms with Crippen LogP contribution in [0.25, 0.3) is 10.9 Å². The minimum Gasteiger partial charge on any atom is -0.444 e. The second-order valence-corrected chi connectivity index (χ2v) is 5.91. The third kappa shape index (κ3) is 3.50. The van der Waals surface area contributed by atoms with Crippen LogP contribution in [0.5, 0.6) is 0 Å². The van der Waals surface area contributed by atoms with Crippen LogP contribution in [0.4, 0.5) is 4.79 Å². The van der Waals surface area contributed by atoms with E-state index in [9.17, 15) is 9.59 Å². The summed E-state index contributed by atoms with van der Waals surface area (Å²) >= 11 is 0. The average molecular weight is 312 g/mol. The first kappa shape index (κ1) is 15.5. The molecule has 5 heteroatoms. The molecule has 3 rings (SSSR count). The lowest BCUT2D eigenvalue weighted by Gasteiger charge is -2.33. The van der Waals surface area contributed by atoms with E-state index in [1.54, 1.807) is 11.1 Å². The molecule has 1 unspecified atom stereocenters. The summed E-state index contributed by atoms with van der Waals surface area (Å²) in [4.78, 5) is 29.9. The van der Waals surface area contributed by atoms with Crippen molar-refractivity contribution >= 4 is 22.8 Å². The molecule has 1 aromatic heterocycles. The Bertz CT molecular complexity index is 729. The summed E-state index contributed by atoms with van der Waals surface area (Å²) in [5, 5.41) is 1.01. The monoisotopic (exact) mass is 312 g/mol. The van der Waals surface area contributed by atoms with E-state index < -0.39 is 6.09 Å². The van der Waals surface area contributed by atoms with Gasteiger partial charge in [0.15, 0.2) is 5.78 Å². The third-order valence-corrected chi connectivity index (χ3v) is 4.22. The van der Waals surface area contributed by atoms with Crippen LogP contribution >= 0.6 is 0 Å². The SMILES string of the molecule is CC(=O)C1CCCCN1C(=O)OCc1cnc2ccccc2c1. The first-order chi connectivity index (χ1) is 11.1. The second-order valence-electron chi connectivity index (χ2n) is 5.91. The van der Waals surface area contributed by atoms with Gasteiger partial charge < -0.3 is 4.74 Å². The molecule has 2 heterocycles. The molecule has 120 valence electrons. The van der Waals surface area contributed by atoms with Gasteiger partial charge in [0.05, 0.1) is 11.6 Å². The molecule has 0 saturated carbocycles. The number of ether oxygens (including phenoxy) is 1. The van der Waals surface area contributed by atoms with E-state index in [2.05, 4.69) is 4.98 Å². The number of likely N-dealkylation sites (tertiary alicyclic amines) is 1. The quantitative estimate of drug-likeness (QED) is 0.872. The number of amides is 1. The Balaban J connectivity index is 1.66. The highest BCUT2D eigenvalue weighted by molar-refractivity contribution is 5.85. The predicted molar refractivity (Wildman–Crippen MR) is 87.0 cm³/mol. The van der Waals surface area contributed by atoms with Crippen molar-refractivity contribution in [2.24, 2.45) is 0 Å². The number of piperidine rings is 1. The van der Waals surface area contributed by atoms with E-state index in [1.807, 2.05) is 30.3 Å². The molecular formula is C18H20N2O3. The Kier molecular flexibility index (Phi) is 4.55. The van der Waals surface area contributed by atoms with Crippen LogP contribution < -0.4 is 0 Å². The number of benzene rings is 1. The zero-order chi connectivity index (χ0) is 16.2. The molecule has 0 spiro atoms. The van der Waals surface area contributed by atoms with E-state index in [-0.39, 0.29) is 18.4 Å². The average Bonchev–Trinajstić information content (AvgIpc) is 2.59. The maximum absolute atomic E-state index is 12.3. The number of fused-ring (bicyclic) bond motifs is 1. The minimum absolute atomic E-state index is 0.0222. The molecule has 1 atom stereocenters. The first-order valence-corrected chi connectivity index (χ1v) is 7.92. The summed E-state index contributed by atoms with van der Waals surface area (Å²) < 4.78 is 5.39. The standard InChI is InChI=1S/C18H20N2O3/c1-13(21)17-8-4-5-9-20(17)18(22)23-12-14-10-15-6-2-3-7-16(15)19-11-14/h2-3,6-7,10-11,17H,4-5,8-9,12H2,1H3. The Morgan fingerprint density at radius 2 is 2.13 bits per heavy atom. The summed E-state index contributed by atoms with van der Waals surface area (Å²) in [7, 11) is 0. The van der Waals surface area contributed by atoms with Gasteiger partial charge in [-0.2, -0.15) is 0 Å². The van der Waals surface area contributed by atoms with Crippen molar-refractivity contribution in [2.75, 3.05) is 6.54 Å². The summed E-state index contributed by atoms with van der Waals surface area (Å²) in [5.74, 6) is 0.0222. The molecule has 0 bridgehead atoms. The maximum Gasteiger partial charge on any atom is 0.410 e. The molecule has 2 aromatic rings. The highest BCUT2D eigenvalue weighted by Crippen LogP contribution is 2.19. The zero-order valence-electron chi connectivity index (χ0n) is 13.2. The van der Waals surface area contributed by atoms with Crippen LogP contribution in [0.2, 0.25) is 0 Å². The number of Topliss-reactive ketones (excluding diaryl/α,β-unsaturated/α-hetero) is 1. The molecule has 0 N–H and O–H groups in total. The number of aromatic nitrogens is 1. The van der Waals surface area contributed by atoms with Crippen molar-refractivity contribution in [2.45, 2.75) is 38.8 Å². The van der Waals surface area contributed by atoms with Crippen molar-refractivity contribution in [3.05, 3.63) is 42.1 Å². The lowest BCUT2D eigenvalue weighted by Crippen LogP contribution is -2.47. The Labute approximate surface area is 135 Å². The summed E-state index contributed by atoms with van der Waals surface area (Å²) in [6, 6.07) is 9.43. The number of nitrogens with zero attached hydrogens (tertiary/aromatic N) is 2. The second kappa shape index (κ2) is 6.77. The van der Waals surface area contributed by atoms with Gasteiger partial charge in [0.2, 0.25) is 0 Å². The van der Waals surface area contributed by atoms with E-state index in [0.717, 1.165) is 35.7 Å². The minimum atomic E-state index is -0.418. The number of carbonyl (C=O) groups is 2.